The summed E-state index contributed by atoms with van der Waals surface area (Å²) in [6.45, 7) is 0. The van der Waals surface area contributed by atoms with Gasteiger partial charge in [-0.2, -0.15) is 0 Å². The van der Waals surface area contributed by atoms with Crippen molar-refractivity contribution in [3.05, 3.63) is 62.4 Å². The Morgan fingerprint density at radius 3 is 2.57 bits per heavy atom. The Labute approximate surface area is 126 Å². The predicted molar refractivity (Wildman–Crippen MR) is 75.8 cm³/mol. The van der Waals surface area contributed by atoms with E-state index in [0.717, 1.165) is 18.2 Å². The first kappa shape index (κ1) is 14.9. The number of nitrogens with zero attached hydrogens (tertiary/aromatic N) is 1. The number of nitrogens with two attached hydrogens (primary N) is 1. The minimum atomic E-state index is -0.883. The topological polar surface area (TPSA) is 95.5 Å². The fraction of sp³-hybridized carbons (Fsp3) is 0. The third-order valence-corrected chi connectivity index (χ3v) is 3.20. The van der Waals surface area contributed by atoms with Crippen molar-refractivity contribution >= 4 is 27.5 Å². The van der Waals surface area contributed by atoms with Crippen molar-refractivity contribution in [1.29, 1.82) is 0 Å². The zero-order valence-electron chi connectivity index (χ0n) is 10.4. The molecule has 0 bridgehead atoms. The maximum atomic E-state index is 13.4. The molecule has 0 saturated heterocycles. The van der Waals surface area contributed by atoms with Crippen molar-refractivity contribution in [1.82, 2.24) is 0 Å². The van der Waals surface area contributed by atoms with Crippen molar-refractivity contribution in [2.75, 3.05) is 0 Å². The molecule has 2 aromatic rings. The zero-order valence-corrected chi connectivity index (χ0v) is 12.0. The number of nitro groups is 1. The molecule has 0 fully saturated rings. The van der Waals surface area contributed by atoms with Gasteiger partial charge in [0, 0.05) is 18.2 Å². The van der Waals surface area contributed by atoms with Crippen LogP contribution in [0, 0.1) is 15.9 Å². The first-order chi connectivity index (χ1) is 9.88. The van der Waals surface area contributed by atoms with Crippen molar-refractivity contribution in [3.63, 3.8) is 0 Å². The number of halogens is 2. The minimum absolute atomic E-state index is 0.00909. The van der Waals surface area contributed by atoms with Crippen LogP contribution in [0.1, 0.15) is 10.4 Å². The van der Waals surface area contributed by atoms with Gasteiger partial charge in [0.2, 0.25) is 0 Å². The van der Waals surface area contributed by atoms with Gasteiger partial charge in [-0.05, 0) is 34.1 Å². The van der Waals surface area contributed by atoms with E-state index in [2.05, 4.69) is 15.9 Å². The predicted octanol–water partition coefficient (Wildman–Crippen LogP) is 3.39. The standard InChI is InChI=1S/C13H8BrFN2O4/c14-10-3-2-8(6-11(10)15)21-12-4-1-7(17(19)20)5-9(12)13(16)18/h1-6H,(H2,16,18). The van der Waals surface area contributed by atoms with Crippen molar-refractivity contribution < 1.29 is 18.8 Å². The Kier molecular flexibility index (Phi) is 4.18. The highest BCUT2D eigenvalue weighted by molar-refractivity contribution is 9.10. The molecule has 0 unspecified atom stereocenters. The number of rotatable bonds is 4. The third-order valence-electron chi connectivity index (χ3n) is 2.56. The van der Waals surface area contributed by atoms with Gasteiger partial charge in [0.1, 0.15) is 17.3 Å². The highest BCUT2D eigenvalue weighted by Gasteiger charge is 2.16. The molecule has 0 aliphatic carbocycles. The van der Waals surface area contributed by atoms with Gasteiger partial charge in [0.25, 0.3) is 11.6 Å². The second kappa shape index (κ2) is 5.88. The molecule has 2 rings (SSSR count). The van der Waals surface area contributed by atoms with Gasteiger partial charge in [-0.15, -0.1) is 0 Å². The molecule has 108 valence electrons. The Bertz CT molecular complexity index is 736. The molecular weight excluding hydrogens is 347 g/mol. The van der Waals surface area contributed by atoms with Crippen LogP contribution in [0.4, 0.5) is 10.1 Å². The summed E-state index contributed by atoms with van der Waals surface area (Å²) in [4.78, 5) is 21.4. The summed E-state index contributed by atoms with van der Waals surface area (Å²) in [5.74, 6) is -1.29. The minimum Gasteiger partial charge on any atom is -0.456 e. The van der Waals surface area contributed by atoms with Gasteiger partial charge in [-0.1, -0.05) is 0 Å². The van der Waals surface area contributed by atoms with Crippen LogP contribution in [0.25, 0.3) is 0 Å². The van der Waals surface area contributed by atoms with Gasteiger partial charge < -0.3 is 10.5 Å². The van der Waals surface area contributed by atoms with Crippen LogP contribution in [-0.2, 0) is 0 Å². The summed E-state index contributed by atoms with van der Waals surface area (Å²) in [5, 5.41) is 10.7. The Morgan fingerprint density at radius 2 is 2.00 bits per heavy atom. The number of amides is 1. The molecule has 0 heterocycles. The number of benzene rings is 2. The summed E-state index contributed by atoms with van der Waals surface area (Å²) < 4.78 is 19.0. The highest BCUT2D eigenvalue weighted by atomic mass is 79.9. The molecule has 2 aromatic carbocycles. The average Bonchev–Trinajstić information content (AvgIpc) is 2.43. The highest BCUT2D eigenvalue weighted by Crippen LogP contribution is 2.30. The van der Waals surface area contributed by atoms with Crippen molar-refractivity contribution in [3.8, 4) is 11.5 Å². The fourth-order valence-electron chi connectivity index (χ4n) is 1.58. The normalized spacial score (nSPS) is 10.2. The van der Waals surface area contributed by atoms with E-state index in [1.807, 2.05) is 0 Å². The van der Waals surface area contributed by atoms with Gasteiger partial charge in [0.15, 0.2) is 0 Å². The Morgan fingerprint density at radius 1 is 1.29 bits per heavy atom. The molecule has 0 saturated carbocycles. The van der Waals surface area contributed by atoms with Crippen LogP contribution in [0.15, 0.2) is 40.9 Å². The third kappa shape index (κ3) is 3.34. The van der Waals surface area contributed by atoms with E-state index in [-0.39, 0.29) is 27.2 Å². The van der Waals surface area contributed by atoms with E-state index in [4.69, 9.17) is 10.5 Å². The SMILES string of the molecule is NC(=O)c1cc([N+](=O)[O-])ccc1Oc1ccc(Br)c(F)c1. The molecule has 6 nitrogen and oxygen atoms in total. The smallest absolute Gasteiger partial charge is 0.270 e. The second-order valence-electron chi connectivity index (χ2n) is 3.98. The van der Waals surface area contributed by atoms with Crippen molar-refractivity contribution in [2.45, 2.75) is 0 Å². The lowest BCUT2D eigenvalue weighted by atomic mass is 10.1. The van der Waals surface area contributed by atoms with Crippen molar-refractivity contribution in [2.24, 2.45) is 5.73 Å². The lowest BCUT2D eigenvalue weighted by molar-refractivity contribution is -0.384. The number of hydrogen-bond donors (Lipinski definition) is 1. The molecule has 0 radical (unpaired) electrons. The maximum Gasteiger partial charge on any atom is 0.270 e. The van der Waals surface area contributed by atoms with E-state index in [9.17, 15) is 19.3 Å². The molecule has 0 aromatic heterocycles. The summed E-state index contributed by atoms with van der Waals surface area (Å²) in [7, 11) is 0. The van der Waals surface area contributed by atoms with Gasteiger partial charge in [-0.25, -0.2) is 4.39 Å². The lowest BCUT2D eigenvalue weighted by Crippen LogP contribution is -2.12. The molecule has 0 atom stereocenters. The van der Waals surface area contributed by atoms with E-state index in [0.29, 0.717) is 0 Å². The van der Waals surface area contributed by atoms with Gasteiger partial charge >= 0.3 is 0 Å². The summed E-state index contributed by atoms with van der Waals surface area (Å²) in [5.41, 5.74) is 4.72. The van der Waals surface area contributed by atoms with E-state index < -0.39 is 16.6 Å². The fourth-order valence-corrected chi connectivity index (χ4v) is 1.83. The molecule has 0 aliphatic heterocycles. The van der Waals surface area contributed by atoms with Crippen LogP contribution in [0.3, 0.4) is 0 Å². The quantitative estimate of drug-likeness (QED) is 0.672. The summed E-state index contributed by atoms with van der Waals surface area (Å²) in [6.07, 6.45) is 0. The Hall–Kier alpha value is -2.48. The first-order valence-electron chi connectivity index (χ1n) is 5.59. The molecule has 21 heavy (non-hydrogen) atoms. The number of primary amides is 1. The molecule has 1 amide bonds. The number of hydrogen-bond acceptors (Lipinski definition) is 4. The molecule has 2 N–H and O–H groups in total. The molecule has 0 spiro atoms. The monoisotopic (exact) mass is 354 g/mol. The van der Waals surface area contributed by atoms with Crippen LogP contribution < -0.4 is 10.5 Å². The number of carbonyl (C=O) groups excluding carboxylic acids is 1. The largest absolute Gasteiger partial charge is 0.456 e. The lowest BCUT2D eigenvalue weighted by Gasteiger charge is -2.09. The van der Waals surface area contributed by atoms with E-state index >= 15 is 0 Å². The number of ether oxygens (including phenoxy) is 1. The second-order valence-corrected chi connectivity index (χ2v) is 4.83. The van der Waals surface area contributed by atoms with E-state index in [1.165, 1.54) is 18.2 Å². The van der Waals surface area contributed by atoms with Crippen LogP contribution in [0.2, 0.25) is 0 Å². The molecule has 8 heteroatoms. The number of nitro benzene ring substituents is 1. The number of non-ortho nitro benzene ring substituents is 1. The van der Waals surface area contributed by atoms with E-state index in [1.54, 1.807) is 0 Å². The van der Waals surface area contributed by atoms with Crippen LogP contribution in [-0.4, -0.2) is 10.8 Å². The Balaban J connectivity index is 2.41. The van der Waals surface area contributed by atoms with Gasteiger partial charge in [-0.3, -0.25) is 14.9 Å². The number of carbonyl (C=O) groups is 1. The van der Waals surface area contributed by atoms with Gasteiger partial charge in [0.05, 0.1) is 15.0 Å². The molecular formula is C13H8BrFN2O4. The average molecular weight is 355 g/mol. The maximum absolute atomic E-state index is 13.4. The molecule has 0 aliphatic rings. The zero-order chi connectivity index (χ0) is 15.6. The van der Waals surface area contributed by atoms with Crippen LogP contribution in [0.5, 0.6) is 11.5 Å². The summed E-state index contributed by atoms with van der Waals surface area (Å²) in [6, 6.07) is 7.41. The van der Waals surface area contributed by atoms with Crippen LogP contribution >= 0.6 is 15.9 Å². The summed E-state index contributed by atoms with van der Waals surface area (Å²) >= 11 is 3.00. The first-order valence-corrected chi connectivity index (χ1v) is 6.39.